The minimum Gasteiger partial charge on any atom is -0.281 e. The number of allylic oxidation sites excluding steroid dienone is 1. The van der Waals surface area contributed by atoms with Crippen molar-refractivity contribution >= 4 is 28.3 Å². The smallest absolute Gasteiger partial charge is 0.182 e. The van der Waals surface area contributed by atoms with Crippen molar-refractivity contribution in [3.63, 3.8) is 0 Å². The van der Waals surface area contributed by atoms with Crippen LogP contribution in [0.1, 0.15) is 25.8 Å². The predicted octanol–water partition coefficient (Wildman–Crippen LogP) is 3.84. The summed E-state index contributed by atoms with van der Waals surface area (Å²) in [5.74, 6) is 0.568. The zero-order valence-corrected chi connectivity index (χ0v) is 12.8. The van der Waals surface area contributed by atoms with Crippen LogP contribution in [0.5, 0.6) is 0 Å². The zero-order chi connectivity index (χ0) is 15.0. The summed E-state index contributed by atoms with van der Waals surface area (Å²) in [5, 5.41) is 11.9. The number of hydrogen-bond donors (Lipinski definition) is 1. The molecule has 0 aliphatic rings. The Morgan fingerprint density at radius 3 is 2.55 bits per heavy atom. The maximum absolute atomic E-state index is 8.50. The second kappa shape index (κ2) is 8.18. The van der Waals surface area contributed by atoms with Crippen LogP contribution in [0.4, 0.5) is 5.69 Å². The molecule has 0 saturated carbocycles. The molecule has 0 unspecified atom stereocenters. The van der Waals surface area contributed by atoms with Crippen molar-refractivity contribution < 1.29 is 0 Å². The number of nitriles is 1. The predicted molar refractivity (Wildman–Crippen MR) is 87.4 cm³/mol. The molecule has 0 heterocycles. The summed E-state index contributed by atoms with van der Waals surface area (Å²) in [6.45, 7) is 7.81. The molecular weight excluding hydrogens is 268 g/mol. The van der Waals surface area contributed by atoms with Crippen LogP contribution in [0.2, 0.25) is 0 Å². The lowest BCUT2D eigenvalue weighted by atomic mass is 10.2. The number of thioether (sulfide) groups is 1. The van der Waals surface area contributed by atoms with Crippen molar-refractivity contribution in [2.45, 2.75) is 20.3 Å². The van der Waals surface area contributed by atoms with Gasteiger partial charge < -0.3 is 0 Å². The Morgan fingerprint density at radius 2 is 2.05 bits per heavy atom. The minimum absolute atomic E-state index is 0.568. The molecule has 4 nitrogen and oxygen atoms in total. The van der Waals surface area contributed by atoms with Gasteiger partial charge in [-0.2, -0.15) is 5.26 Å². The van der Waals surface area contributed by atoms with E-state index in [-0.39, 0.29) is 0 Å². The molecule has 0 spiro atoms. The van der Waals surface area contributed by atoms with Crippen LogP contribution in [0, 0.1) is 11.5 Å². The molecule has 0 fully saturated rings. The lowest BCUT2D eigenvalue weighted by Gasteiger charge is -2.07. The number of amidine groups is 1. The average Bonchev–Trinajstić information content (AvgIpc) is 2.45. The van der Waals surface area contributed by atoms with Gasteiger partial charge in [0.05, 0.1) is 5.69 Å². The Balaban J connectivity index is 2.88. The van der Waals surface area contributed by atoms with Gasteiger partial charge in [0.2, 0.25) is 0 Å². The fraction of sp³-hybridized carbons (Fsp3) is 0.267. The molecule has 104 valence electrons. The molecule has 0 aromatic heterocycles. The highest BCUT2D eigenvalue weighted by atomic mass is 32.2. The summed E-state index contributed by atoms with van der Waals surface area (Å²) in [5.41, 5.74) is 1.83. The first-order valence-electron chi connectivity index (χ1n) is 6.24. The van der Waals surface area contributed by atoms with E-state index < -0.39 is 0 Å². The molecule has 5 heteroatoms. The van der Waals surface area contributed by atoms with E-state index in [2.05, 4.69) is 28.8 Å². The minimum atomic E-state index is 0.568. The third kappa shape index (κ3) is 4.90. The van der Waals surface area contributed by atoms with E-state index in [1.54, 1.807) is 25.7 Å². The van der Waals surface area contributed by atoms with Crippen molar-refractivity contribution in [2.24, 2.45) is 9.98 Å². The van der Waals surface area contributed by atoms with Gasteiger partial charge in [0.25, 0.3) is 0 Å². The second-order valence-corrected chi connectivity index (χ2v) is 5.17. The van der Waals surface area contributed by atoms with Gasteiger partial charge in [-0.05, 0) is 30.4 Å². The fourth-order valence-corrected chi connectivity index (χ4v) is 2.19. The van der Waals surface area contributed by atoms with Gasteiger partial charge >= 0.3 is 0 Å². The van der Waals surface area contributed by atoms with Gasteiger partial charge in [0, 0.05) is 12.6 Å². The molecule has 1 rings (SSSR count). The zero-order valence-electron chi connectivity index (χ0n) is 12.0. The lowest BCUT2D eigenvalue weighted by molar-refractivity contribution is 1.21. The number of hydrogen-bond acceptors (Lipinski definition) is 4. The van der Waals surface area contributed by atoms with Crippen LogP contribution in [-0.2, 0) is 0 Å². The summed E-state index contributed by atoms with van der Waals surface area (Å²) in [7, 11) is 1.78. The van der Waals surface area contributed by atoms with Crippen molar-refractivity contribution in [3.05, 3.63) is 41.3 Å². The summed E-state index contributed by atoms with van der Waals surface area (Å²) in [6.07, 6.45) is 2.76. The molecule has 0 bridgehead atoms. The second-order valence-electron chi connectivity index (χ2n) is 4.00. The van der Waals surface area contributed by atoms with Crippen LogP contribution in [0.3, 0.4) is 0 Å². The summed E-state index contributed by atoms with van der Waals surface area (Å²) < 4.78 is 0. The van der Waals surface area contributed by atoms with E-state index >= 15 is 0 Å². The average molecular weight is 286 g/mol. The van der Waals surface area contributed by atoms with Crippen molar-refractivity contribution in [2.75, 3.05) is 7.05 Å². The van der Waals surface area contributed by atoms with E-state index in [9.17, 15) is 0 Å². The first kappa shape index (κ1) is 16.0. The van der Waals surface area contributed by atoms with Gasteiger partial charge in [-0.1, -0.05) is 37.4 Å². The first-order chi connectivity index (χ1) is 9.60. The van der Waals surface area contributed by atoms with E-state index in [1.165, 1.54) is 0 Å². The van der Waals surface area contributed by atoms with E-state index in [1.807, 2.05) is 30.5 Å². The number of nitrogens with one attached hydrogen (secondary N) is 1. The highest BCUT2D eigenvalue weighted by Gasteiger charge is 2.05. The van der Waals surface area contributed by atoms with Gasteiger partial charge in [0.15, 0.2) is 6.19 Å². The topological polar surface area (TPSA) is 60.5 Å². The number of benzene rings is 1. The van der Waals surface area contributed by atoms with E-state index in [0.717, 1.165) is 27.6 Å². The Hall–Kier alpha value is -2.06. The Kier molecular flexibility index (Phi) is 6.54. The third-order valence-corrected chi connectivity index (χ3v) is 3.68. The molecule has 0 aliphatic carbocycles. The van der Waals surface area contributed by atoms with Crippen LogP contribution in [-0.4, -0.2) is 17.9 Å². The molecule has 1 aromatic carbocycles. The summed E-state index contributed by atoms with van der Waals surface area (Å²) in [6, 6.07) is 7.74. The molecule has 0 aliphatic heterocycles. The van der Waals surface area contributed by atoms with Crippen LogP contribution >= 0.6 is 11.8 Å². The highest BCUT2D eigenvalue weighted by Crippen LogP contribution is 2.24. The molecule has 0 radical (unpaired) electrons. The van der Waals surface area contributed by atoms with E-state index in [4.69, 9.17) is 5.26 Å². The first-order valence-corrected chi connectivity index (χ1v) is 7.05. The van der Waals surface area contributed by atoms with Crippen molar-refractivity contribution in [3.8, 4) is 6.19 Å². The third-order valence-electron chi connectivity index (χ3n) is 2.49. The number of rotatable bonds is 4. The molecule has 0 atom stereocenters. The number of aliphatic imine (C=N–C) groups is 2. The van der Waals surface area contributed by atoms with Crippen LogP contribution in [0.15, 0.2) is 45.7 Å². The van der Waals surface area contributed by atoms with E-state index in [0.29, 0.717) is 5.84 Å². The molecule has 1 aromatic rings. The van der Waals surface area contributed by atoms with Crippen molar-refractivity contribution in [1.82, 2.24) is 5.32 Å². The molecule has 20 heavy (non-hydrogen) atoms. The maximum Gasteiger partial charge on any atom is 0.182 e. The van der Waals surface area contributed by atoms with Crippen LogP contribution in [0.25, 0.3) is 0 Å². The SMILES string of the molecule is C=C(CC)SC(=NC)c1ccc(N=C(C)NC#N)cc1. The van der Waals surface area contributed by atoms with Gasteiger partial charge in [-0.3, -0.25) is 10.3 Å². The summed E-state index contributed by atoms with van der Waals surface area (Å²) >= 11 is 1.59. The Morgan fingerprint density at radius 1 is 1.40 bits per heavy atom. The van der Waals surface area contributed by atoms with Gasteiger partial charge in [-0.25, -0.2) is 4.99 Å². The largest absolute Gasteiger partial charge is 0.281 e. The summed E-state index contributed by atoms with van der Waals surface area (Å²) in [4.78, 5) is 9.65. The van der Waals surface area contributed by atoms with Gasteiger partial charge in [-0.15, -0.1) is 0 Å². The molecule has 0 saturated heterocycles. The Labute approximate surface area is 124 Å². The van der Waals surface area contributed by atoms with Crippen LogP contribution < -0.4 is 5.32 Å². The normalized spacial score (nSPS) is 11.9. The molecular formula is C15H18N4S. The fourth-order valence-electron chi connectivity index (χ4n) is 1.42. The highest BCUT2D eigenvalue weighted by molar-refractivity contribution is 8.17. The van der Waals surface area contributed by atoms with Crippen molar-refractivity contribution in [1.29, 1.82) is 5.26 Å². The molecule has 0 amide bonds. The molecule has 1 N–H and O–H groups in total. The lowest BCUT2D eigenvalue weighted by Crippen LogP contribution is -2.12. The Bertz CT molecular complexity index is 565. The standard InChI is InChI=1S/C15H18N4S/c1-5-11(2)20-15(17-4)13-6-8-14(9-7-13)19-12(3)18-10-16/h6-9H,2,5H2,1,3-4H3,(H,18,19). The maximum atomic E-state index is 8.50. The monoisotopic (exact) mass is 286 g/mol. The quantitative estimate of drug-likeness (QED) is 0.396. The van der Waals surface area contributed by atoms with Gasteiger partial charge in [0.1, 0.15) is 10.9 Å². The number of nitrogens with zero attached hydrogens (tertiary/aromatic N) is 3.